The third-order valence-corrected chi connectivity index (χ3v) is 4.12. The molecule has 0 unspecified atom stereocenters. The van der Waals surface area contributed by atoms with Crippen LogP contribution in [0.1, 0.15) is 69.1 Å². The number of carbonyl (C=O) groups is 4. The van der Waals surface area contributed by atoms with Gasteiger partial charge in [0.2, 0.25) is 11.8 Å². The summed E-state index contributed by atoms with van der Waals surface area (Å²) in [6, 6.07) is 7.08. The minimum absolute atomic E-state index is 0.00287. The van der Waals surface area contributed by atoms with E-state index >= 15 is 0 Å². The predicted molar refractivity (Wildman–Crippen MR) is 103 cm³/mol. The molecule has 0 radical (unpaired) electrons. The molecule has 0 spiro atoms. The molecule has 148 valence electrons. The van der Waals surface area contributed by atoms with Crippen LogP contribution in [0.2, 0.25) is 0 Å². The lowest BCUT2D eigenvalue weighted by Crippen LogP contribution is -2.17. The van der Waals surface area contributed by atoms with E-state index in [0.717, 1.165) is 5.56 Å². The molecular weight excluding hydrogens is 362 g/mol. The Kier molecular flexibility index (Phi) is 6.87. The lowest BCUT2D eigenvalue weighted by molar-refractivity contribution is -0.116. The molecule has 7 nitrogen and oxygen atoms in total. The average Bonchev–Trinajstić information content (AvgIpc) is 2.96. The number of nitrogens with one attached hydrogen (secondary N) is 1. The Morgan fingerprint density at radius 2 is 1.64 bits per heavy atom. The van der Waals surface area contributed by atoms with E-state index in [9.17, 15) is 19.2 Å². The van der Waals surface area contributed by atoms with Crippen molar-refractivity contribution in [1.82, 2.24) is 0 Å². The van der Waals surface area contributed by atoms with Crippen LogP contribution in [-0.4, -0.2) is 30.0 Å². The molecule has 1 aromatic carbocycles. The number of hydrogen-bond acceptors (Lipinski definition) is 6. The second kappa shape index (κ2) is 9.12. The summed E-state index contributed by atoms with van der Waals surface area (Å²) in [7, 11) is 0. The molecule has 0 atom stereocenters. The number of benzene rings is 1. The van der Waals surface area contributed by atoms with Crippen LogP contribution < -0.4 is 5.32 Å². The monoisotopic (exact) mass is 385 g/mol. The summed E-state index contributed by atoms with van der Waals surface area (Å²) in [5.74, 6) is -1.74. The Hall–Kier alpha value is -3.22. The van der Waals surface area contributed by atoms with Gasteiger partial charge in [-0.2, -0.15) is 0 Å². The summed E-state index contributed by atoms with van der Waals surface area (Å²) in [6.45, 7) is 6.48. The van der Waals surface area contributed by atoms with Crippen molar-refractivity contribution in [2.75, 3.05) is 11.9 Å². The topological polar surface area (TPSA) is 103 Å². The third kappa shape index (κ3) is 4.94. The maximum absolute atomic E-state index is 12.3. The number of furan rings is 1. The molecule has 7 heteroatoms. The predicted octanol–water partition coefficient (Wildman–Crippen LogP) is 3.88. The van der Waals surface area contributed by atoms with Crippen LogP contribution in [-0.2, 0) is 9.53 Å². The maximum Gasteiger partial charge on any atom is 0.344 e. The molecule has 28 heavy (non-hydrogen) atoms. The van der Waals surface area contributed by atoms with Crippen LogP contribution in [0.15, 0.2) is 28.7 Å². The van der Waals surface area contributed by atoms with Crippen molar-refractivity contribution in [3.8, 4) is 0 Å². The molecule has 2 rings (SSSR count). The third-order valence-electron chi connectivity index (χ3n) is 4.12. The van der Waals surface area contributed by atoms with E-state index < -0.39 is 11.9 Å². The van der Waals surface area contributed by atoms with Crippen LogP contribution in [0.25, 0.3) is 0 Å². The number of aryl methyl sites for hydroxylation is 2. The number of Topliss-reactive ketones (excluding diaryl/α,β-unsaturated/α-hetero) is 2. The quantitative estimate of drug-likeness (QED) is 0.546. The zero-order valence-corrected chi connectivity index (χ0v) is 16.4. The fourth-order valence-electron chi connectivity index (χ4n) is 2.75. The van der Waals surface area contributed by atoms with E-state index in [1.165, 1.54) is 13.8 Å². The molecule has 0 aliphatic rings. The first-order valence-electron chi connectivity index (χ1n) is 8.95. The normalized spacial score (nSPS) is 10.4. The zero-order chi connectivity index (χ0) is 20.8. The maximum atomic E-state index is 12.3. The van der Waals surface area contributed by atoms with Gasteiger partial charge >= 0.3 is 5.97 Å². The molecule has 0 aliphatic heterocycles. The molecule has 1 heterocycles. The van der Waals surface area contributed by atoms with E-state index in [-0.39, 0.29) is 53.8 Å². The summed E-state index contributed by atoms with van der Waals surface area (Å²) in [5, 5.41) is 2.47. The van der Waals surface area contributed by atoms with Crippen LogP contribution in [0.4, 0.5) is 5.88 Å². The fourth-order valence-corrected chi connectivity index (χ4v) is 2.75. The molecule has 2 aromatic rings. The minimum atomic E-state index is -0.754. The first-order valence-corrected chi connectivity index (χ1v) is 8.95. The fraction of sp³-hybridized carbons (Fsp3) is 0.333. The summed E-state index contributed by atoms with van der Waals surface area (Å²) < 4.78 is 10.4. The molecule has 0 saturated carbocycles. The summed E-state index contributed by atoms with van der Waals surface area (Å²) in [6.07, 6.45) is -0.0903. The second-order valence-corrected chi connectivity index (χ2v) is 6.35. The summed E-state index contributed by atoms with van der Waals surface area (Å²) in [4.78, 5) is 48.6. The van der Waals surface area contributed by atoms with E-state index in [1.807, 2.05) is 19.1 Å². The number of rotatable bonds is 8. The average molecular weight is 385 g/mol. The second-order valence-electron chi connectivity index (χ2n) is 6.35. The van der Waals surface area contributed by atoms with Crippen LogP contribution in [0.5, 0.6) is 0 Å². The van der Waals surface area contributed by atoms with Crippen LogP contribution >= 0.6 is 0 Å². The highest BCUT2D eigenvalue weighted by Gasteiger charge is 2.28. The molecule has 0 aliphatic carbocycles. The zero-order valence-electron chi connectivity index (χ0n) is 16.4. The number of amides is 1. The van der Waals surface area contributed by atoms with Gasteiger partial charge in [-0.1, -0.05) is 29.8 Å². The Labute approximate surface area is 163 Å². The highest BCUT2D eigenvalue weighted by molar-refractivity contribution is 6.11. The number of ether oxygens (including phenoxy) is 1. The van der Waals surface area contributed by atoms with Gasteiger partial charge in [-0.25, -0.2) is 4.79 Å². The SMILES string of the molecule is CCOC(=O)c1c(NC(=O)CCC(=O)c2ccc(C)cc2)oc(C)c1C(C)=O. The highest BCUT2D eigenvalue weighted by atomic mass is 16.5. The minimum Gasteiger partial charge on any atom is -0.462 e. The molecule has 1 N–H and O–H groups in total. The number of esters is 1. The van der Waals surface area contributed by atoms with Gasteiger partial charge in [0.25, 0.3) is 0 Å². The Bertz CT molecular complexity index is 908. The molecule has 1 amide bonds. The van der Waals surface area contributed by atoms with Crippen molar-refractivity contribution in [1.29, 1.82) is 0 Å². The first-order chi connectivity index (χ1) is 13.2. The van der Waals surface area contributed by atoms with E-state index in [1.54, 1.807) is 19.1 Å². The number of carbonyl (C=O) groups excluding carboxylic acids is 4. The Balaban J connectivity index is 2.11. The number of hydrogen-bond donors (Lipinski definition) is 1. The largest absolute Gasteiger partial charge is 0.462 e. The standard InChI is InChI=1S/C21H23NO6/c1-5-27-21(26)19-18(13(3)23)14(4)28-20(19)22-17(25)11-10-16(24)15-8-6-12(2)7-9-15/h6-9H,5,10-11H2,1-4H3,(H,22,25). The van der Waals surface area contributed by atoms with Crippen molar-refractivity contribution in [2.24, 2.45) is 0 Å². The van der Waals surface area contributed by atoms with Gasteiger partial charge in [-0.3, -0.25) is 19.7 Å². The first kappa shape index (κ1) is 21.1. The van der Waals surface area contributed by atoms with Gasteiger partial charge in [0, 0.05) is 18.4 Å². The van der Waals surface area contributed by atoms with Gasteiger partial charge in [-0.05, 0) is 27.7 Å². The van der Waals surface area contributed by atoms with E-state index in [2.05, 4.69) is 5.32 Å². The van der Waals surface area contributed by atoms with Crippen LogP contribution in [0.3, 0.4) is 0 Å². The molecular formula is C21H23NO6. The lowest BCUT2D eigenvalue weighted by atomic mass is 10.0. The van der Waals surface area contributed by atoms with Crippen molar-refractivity contribution in [3.05, 3.63) is 52.3 Å². The van der Waals surface area contributed by atoms with Crippen molar-refractivity contribution >= 4 is 29.3 Å². The van der Waals surface area contributed by atoms with Gasteiger partial charge < -0.3 is 9.15 Å². The smallest absolute Gasteiger partial charge is 0.344 e. The number of anilines is 1. The van der Waals surface area contributed by atoms with Gasteiger partial charge in [-0.15, -0.1) is 0 Å². The van der Waals surface area contributed by atoms with Crippen molar-refractivity contribution < 1.29 is 28.3 Å². The van der Waals surface area contributed by atoms with Crippen LogP contribution in [0, 0.1) is 13.8 Å². The van der Waals surface area contributed by atoms with Crippen molar-refractivity contribution in [3.63, 3.8) is 0 Å². The summed E-state index contributed by atoms with van der Waals surface area (Å²) in [5.41, 5.74) is 1.53. The Morgan fingerprint density at radius 1 is 1.00 bits per heavy atom. The highest BCUT2D eigenvalue weighted by Crippen LogP contribution is 2.28. The molecule has 1 aromatic heterocycles. The van der Waals surface area contributed by atoms with Crippen molar-refractivity contribution in [2.45, 2.75) is 40.5 Å². The van der Waals surface area contributed by atoms with Gasteiger partial charge in [0.15, 0.2) is 11.6 Å². The van der Waals surface area contributed by atoms with Gasteiger partial charge in [0.1, 0.15) is 11.3 Å². The number of ketones is 2. The molecule has 0 saturated heterocycles. The molecule has 0 fully saturated rings. The Morgan fingerprint density at radius 3 is 2.21 bits per heavy atom. The van der Waals surface area contributed by atoms with E-state index in [4.69, 9.17) is 9.15 Å². The summed E-state index contributed by atoms with van der Waals surface area (Å²) >= 11 is 0. The lowest BCUT2D eigenvalue weighted by Gasteiger charge is -2.06. The van der Waals surface area contributed by atoms with Gasteiger partial charge in [0.05, 0.1) is 12.2 Å². The van der Waals surface area contributed by atoms with E-state index in [0.29, 0.717) is 5.56 Å². The molecule has 0 bridgehead atoms.